The molecule has 0 unspecified atom stereocenters. The van der Waals surface area contributed by atoms with Crippen LogP contribution in [0.3, 0.4) is 0 Å². The van der Waals surface area contributed by atoms with Crippen molar-refractivity contribution in [1.29, 1.82) is 0 Å². The SMILES string of the molecule is [2H]C([2H])([2H])c1ccc(-c2ccnc(-c3cc(-c4ccccc4)cc(-c4cccc5c4nc(-c4cc(C)cc(C)c4O)n5-c4ccc(-c5c(C([2H])(C)C)cccc5C([2H])(C)C)cc4)c3)c2)cc1. The maximum Gasteiger partial charge on any atom is 0.149 e. The van der Waals surface area contributed by atoms with Crippen molar-refractivity contribution in [2.24, 2.45) is 0 Å². The molecule has 9 aromatic rings. The molecule has 61 heavy (non-hydrogen) atoms. The van der Waals surface area contributed by atoms with E-state index in [1.54, 1.807) is 18.3 Å². The highest BCUT2D eigenvalue weighted by atomic mass is 16.3. The van der Waals surface area contributed by atoms with Gasteiger partial charge < -0.3 is 5.11 Å². The average molecular weight is 799 g/mol. The van der Waals surface area contributed by atoms with Crippen molar-refractivity contribution in [1.82, 2.24) is 14.5 Å². The molecule has 0 aliphatic carbocycles. The summed E-state index contributed by atoms with van der Waals surface area (Å²) in [5.74, 6) is -1.04. The van der Waals surface area contributed by atoms with E-state index >= 15 is 0 Å². The van der Waals surface area contributed by atoms with Gasteiger partial charge >= 0.3 is 0 Å². The Morgan fingerprint density at radius 3 is 1.92 bits per heavy atom. The molecule has 0 bridgehead atoms. The number of para-hydroxylation sites is 1. The first-order valence-electron chi connectivity index (χ1n) is 23.2. The largest absolute Gasteiger partial charge is 0.507 e. The van der Waals surface area contributed by atoms with Gasteiger partial charge in [-0.25, -0.2) is 4.98 Å². The summed E-state index contributed by atoms with van der Waals surface area (Å²) in [5, 5.41) is 11.7. The minimum absolute atomic E-state index is 0.164. The summed E-state index contributed by atoms with van der Waals surface area (Å²) in [6.45, 7) is 9.28. The Balaban J connectivity index is 1.24. The minimum Gasteiger partial charge on any atom is -0.507 e. The number of rotatable bonds is 9. The second-order valence-corrected chi connectivity index (χ2v) is 16.4. The number of fused-ring (bicyclic) bond motifs is 1. The third-order valence-electron chi connectivity index (χ3n) is 11.6. The highest BCUT2D eigenvalue weighted by Gasteiger charge is 2.23. The zero-order valence-corrected chi connectivity index (χ0v) is 35.4. The van der Waals surface area contributed by atoms with Gasteiger partial charge in [0.05, 0.1) is 22.3 Å². The van der Waals surface area contributed by atoms with E-state index in [1.807, 2.05) is 120 Å². The van der Waals surface area contributed by atoms with Gasteiger partial charge in [0.25, 0.3) is 0 Å². The molecule has 0 aliphatic rings. The van der Waals surface area contributed by atoms with E-state index in [1.165, 1.54) is 0 Å². The van der Waals surface area contributed by atoms with Gasteiger partial charge in [0.2, 0.25) is 0 Å². The van der Waals surface area contributed by atoms with Crippen molar-refractivity contribution in [3.63, 3.8) is 0 Å². The molecule has 2 aromatic heterocycles. The van der Waals surface area contributed by atoms with Gasteiger partial charge in [-0.2, -0.15) is 0 Å². The molecule has 0 saturated heterocycles. The Bertz CT molecular complexity index is 3240. The van der Waals surface area contributed by atoms with Crippen molar-refractivity contribution in [3.05, 3.63) is 192 Å². The van der Waals surface area contributed by atoms with E-state index in [0.717, 1.165) is 94.7 Å². The van der Waals surface area contributed by atoms with Crippen molar-refractivity contribution in [2.45, 2.75) is 60.2 Å². The van der Waals surface area contributed by atoms with Crippen LogP contribution in [0.4, 0.5) is 0 Å². The van der Waals surface area contributed by atoms with Gasteiger partial charge in [-0.15, -0.1) is 0 Å². The molecule has 0 atom stereocenters. The third kappa shape index (κ3) is 7.55. The molecular weight excluding hydrogens is 743 g/mol. The smallest absolute Gasteiger partial charge is 0.149 e. The standard InChI is InChI=1S/C57H51N3O/c1-35(2)48-15-11-16-49(36(3)4)54(48)42-23-25-47(26-24-42)60-53-18-12-17-50(55(53)59-57(60)51-30-38(6)29-39(7)56(51)61)45-31-44(40-13-9-8-10-14-40)32-46(33-45)52-34-43(27-28-58-52)41-21-19-37(5)20-22-41/h8-36,61H,1-7H3/i5D3,35D,36D. The lowest BCUT2D eigenvalue weighted by atomic mass is 9.85. The average Bonchev–Trinajstić information content (AvgIpc) is 3.69. The number of nitrogens with zero attached hydrogens (tertiary/aromatic N) is 3. The molecule has 0 spiro atoms. The van der Waals surface area contributed by atoms with Crippen LogP contribution in [-0.4, -0.2) is 19.6 Å². The summed E-state index contributed by atoms with van der Waals surface area (Å²) in [4.78, 5) is 10.3. The molecule has 7 aromatic carbocycles. The van der Waals surface area contributed by atoms with E-state index < -0.39 is 18.6 Å². The monoisotopic (exact) mass is 798 g/mol. The zero-order chi connectivity index (χ0) is 46.7. The number of aromatic nitrogens is 3. The zero-order valence-electron chi connectivity index (χ0n) is 40.4. The van der Waals surface area contributed by atoms with Crippen molar-refractivity contribution >= 4 is 11.0 Å². The Labute approximate surface area is 366 Å². The molecule has 300 valence electrons. The molecule has 4 nitrogen and oxygen atoms in total. The van der Waals surface area contributed by atoms with Gasteiger partial charge in [0.1, 0.15) is 11.6 Å². The van der Waals surface area contributed by atoms with E-state index in [9.17, 15) is 5.11 Å². The molecule has 2 heterocycles. The van der Waals surface area contributed by atoms with E-state index in [-0.39, 0.29) is 5.75 Å². The fourth-order valence-electron chi connectivity index (χ4n) is 8.54. The van der Waals surface area contributed by atoms with Crippen LogP contribution in [0.15, 0.2) is 164 Å². The lowest BCUT2D eigenvalue weighted by Gasteiger charge is -2.20. The Kier molecular flexibility index (Phi) is 8.96. The fraction of sp³-hybridized carbons (Fsp3) is 0.158. The second kappa shape index (κ2) is 16.2. The molecule has 1 N–H and O–H groups in total. The van der Waals surface area contributed by atoms with Crippen LogP contribution in [-0.2, 0) is 0 Å². The third-order valence-corrected chi connectivity index (χ3v) is 11.6. The molecule has 0 radical (unpaired) electrons. The van der Waals surface area contributed by atoms with Crippen molar-refractivity contribution < 1.29 is 12.0 Å². The predicted molar refractivity (Wildman–Crippen MR) is 256 cm³/mol. The summed E-state index contributed by atoms with van der Waals surface area (Å²) in [5.41, 5.74) is 16.0. The molecule has 4 heteroatoms. The summed E-state index contributed by atoms with van der Waals surface area (Å²) in [7, 11) is 0. The van der Waals surface area contributed by atoms with Crippen LogP contribution in [0.5, 0.6) is 5.75 Å². The molecule has 0 fully saturated rings. The quantitative estimate of drug-likeness (QED) is 0.158. The summed E-state index contributed by atoms with van der Waals surface area (Å²) >= 11 is 0. The van der Waals surface area contributed by atoms with Gasteiger partial charge in [-0.3, -0.25) is 9.55 Å². The Morgan fingerprint density at radius 2 is 1.21 bits per heavy atom. The molecule has 9 rings (SSSR count). The van der Waals surface area contributed by atoms with Gasteiger partial charge in [0.15, 0.2) is 0 Å². The Morgan fingerprint density at radius 1 is 0.557 bits per heavy atom. The predicted octanol–water partition coefficient (Wildman–Crippen LogP) is 15.3. The highest BCUT2D eigenvalue weighted by molar-refractivity contribution is 5.98. The first-order chi connectivity index (χ1) is 31.3. The maximum absolute atomic E-state index is 11.7. The summed E-state index contributed by atoms with van der Waals surface area (Å²) in [6, 6.07) is 52.0. The van der Waals surface area contributed by atoms with Crippen LogP contribution < -0.4 is 0 Å². The normalized spacial score (nSPS) is 13.3. The number of hydrogen-bond donors (Lipinski definition) is 1. The lowest BCUT2D eigenvalue weighted by Crippen LogP contribution is -2.01. The van der Waals surface area contributed by atoms with Crippen molar-refractivity contribution in [3.8, 4) is 78.6 Å². The first-order valence-corrected chi connectivity index (χ1v) is 20.7. The van der Waals surface area contributed by atoms with Crippen LogP contribution >= 0.6 is 0 Å². The van der Waals surface area contributed by atoms with Crippen LogP contribution in [0.2, 0.25) is 0 Å². The number of aromatic hydroxyl groups is 1. The summed E-state index contributed by atoms with van der Waals surface area (Å²) in [6.07, 6.45) is 1.79. The van der Waals surface area contributed by atoms with E-state index in [0.29, 0.717) is 17.0 Å². The highest BCUT2D eigenvalue weighted by Crippen LogP contribution is 2.42. The molecule has 0 aliphatic heterocycles. The fourth-order valence-corrected chi connectivity index (χ4v) is 8.54. The van der Waals surface area contributed by atoms with Gasteiger partial charge in [-0.05, 0) is 148 Å². The maximum atomic E-state index is 11.7. The number of aryl methyl sites for hydroxylation is 3. The van der Waals surface area contributed by atoms with E-state index in [2.05, 4.69) is 71.3 Å². The van der Waals surface area contributed by atoms with Crippen LogP contribution in [0.1, 0.15) is 74.2 Å². The molecule has 0 amide bonds. The molecular formula is C57H51N3O. The van der Waals surface area contributed by atoms with Gasteiger partial charge in [0, 0.05) is 29.9 Å². The second-order valence-electron chi connectivity index (χ2n) is 16.4. The number of hydrogen-bond acceptors (Lipinski definition) is 3. The van der Waals surface area contributed by atoms with E-state index in [4.69, 9.17) is 16.8 Å². The first kappa shape index (κ1) is 33.8. The topological polar surface area (TPSA) is 50.9 Å². The number of pyridine rings is 1. The molecule has 0 saturated carbocycles. The van der Waals surface area contributed by atoms with Crippen LogP contribution in [0.25, 0.3) is 83.9 Å². The Hall–Kier alpha value is -7.04. The van der Waals surface area contributed by atoms with Gasteiger partial charge in [-0.1, -0.05) is 136 Å². The number of benzene rings is 7. The minimum atomic E-state index is -2.18. The number of phenolic OH excluding ortho intramolecular Hbond substituents is 1. The summed E-state index contributed by atoms with van der Waals surface area (Å²) < 4.78 is 43.7. The lowest BCUT2D eigenvalue weighted by molar-refractivity contribution is 0.472. The number of phenols is 1. The van der Waals surface area contributed by atoms with Crippen LogP contribution in [0, 0.1) is 20.7 Å². The van der Waals surface area contributed by atoms with Crippen molar-refractivity contribution in [2.75, 3.05) is 0 Å². The number of imidazole rings is 1.